The van der Waals surface area contributed by atoms with Crippen molar-refractivity contribution in [1.29, 1.82) is 0 Å². The zero-order valence-corrected chi connectivity index (χ0v) is 13.8. The van der Waals surface area contributed by atoms with Gasteiger partial charge in [0.05, 0.1) is 29.8 Å². The minimum atomic E-state index is 0.494. The molecule has 3 nitrogen and oxygen atoms in total. The maximum absolute atomic E-state index is 5.79. The maximum Gasteiger partial charge on any atom is 0.161 e. The van der Waals surface area contributed by atoms with Gasteiger partial charge in [0.25, 0.3) is 0 Å². The Hall–Kier alpha value is -1.26. The van der Waals surface area contributed by atoms with Crippen molar-refractivity contribution < 1.29 is 9.47 Å². The second-order valence-corrected chi connectivity index (χ2v) is 5.76. The van der Waals surface area contributed by atoms with Crippen LogP contribution in [0.1, 0.15) is 30.5 Å². The molecule has 0 bridgehead atoms. The number of rotatable bonds is 9. The average Bonchev–Trinajstić information content (AvgIpc) is 2.97. The molecule has 2 aromatic rings. The fraction of sp³-hybridized carbons (Fsp3) is 0.438. The van der Waals surface area contributed by atoms with Crippen LogP contribution in [0.25, 0.3) is 0 Å². The van der Waals surface area contributed by atoms with Crippen molar-refractivity contribution in [3.8, 4) is 11.5 Å². The quantitative estimate of drug-likeness (QED) is 0.495. The summed E-state index contributed by atoms with van der Waals surface area (Å²) in [6.07, 6.45) is 3.04. The van der Waals surface area contributed by atoms with Crippen molar-refractivity contribution in [1.82, 2.24) is 4.98 Å². The lowest BCUT2D eigenvalue weighted by Gasteiger charge is -2.11. The molecule has 0 aliphatic carbocycles. The van der Waals surface area contributed by atoms with Crippen LogP contribution in [0.2, 0.25) is 0 Å². The second kappa shape index (κ2) is 8.90. The SMILES string of the molecule is CCOc1ccccc1OCCCCc1nc(CCl)cs1. The Morgan fingerprint density at radius 2 is 1.90 bits per heavy atom. The Bertz CT molecular complexity index is 545. The normalized spacial score (nSPS) is 10.6. The fourth-order valence-corrected chi connectivity index (χ4v) is 3.00. The first-order valence-electron chi connectivity index (χ1n) is 7.17. The number of ether oxygens (including phenoxy) is 2. The first-order chi connectivity index (χ1) is 10.3. The highest BCUT2D eigenvalue weighted by molar-refractivity contribution is 7.09. The monoisotopic (exact) mass is 325 g/mol. The number of hydrogen-bond acceptors (Lipinski definition) is 4. The molecule has 0 radical (unpaired) electrons. The third-order valence-electron chi connectivity index (χ3n) is 2.93. The zero-order chi connectivity index (χ0) is 14.9. The number of aryl methyl sites for hydroxylation is 1. The Morgan fingerprint density at radius 1 is 1.14 bits per heavy atom. The van der Waals surface area contributed by atoms with E-state index in [2.05, 4.69) is 4.98 Å². The summed E-state index contributed by atoms with van der Waals surface area (Å²) in [6, 6.07) is 7.79. The largest absolute Gasteiger partial charge is 0.490 e. The van der Waals surface area contributed by atoms with Gasteiger partial charge in [0, 0.05) is 5.38 Å². The number of alkyl halides is 1. The van der Waals surface area contributed by atoms with Gasteiger partial charge in [-0.2, -0.15) is 0 Å². The zero-order valence-electron chi connectivity index (χ0n) is 12.2. The standard InChI is InChI=1S/C16H20ClNO2S/c1-2-19-14-7-3-4-8-15(14)20-10-6-5-9-16-18-13(11-17)12-21-16/h3-4,7-8,12H,2,5-6,9-11H2,1H3. The molecule has 0 atom stereocenters. The van der Waals surface area contributed by atoms with Crippen LogP contribution in [0.3, 0.4) is 0 Å². The lowest BCUT2D eigenvalue weighted by molar-refractivity contribution is 0.271. The molecular weight excluding hydrogens is 306 g/mol. The molecule has 0 aliphatic rings. The van der Waals surface area contributed by atoms with Gasteiger partial charge in [-0.25, -0.2) is 4.98 Å². The van der Waals surface area contributed by atoms with Crippen molar-refractivity contribution in [2.24, 2.45) is 0 Å². The molecule has 21 heavy (non-hydrogen) atoms. The van der Waals surface area contributed by atoms with Gasteiger partial charge in [-0.1, -0.05) is 12.1 Å². The van der Waals surface area contributed by atoms with E-state index in [9.17, 15) is 0 Å². The number of aromatic nitrogens is 1. The van der Waals surface area contributed by atoms with Gasteiger partial charge in [0.1, 0.15) is 0 Å². The molecule has 0 N–H and O–H groups in total. The number of halogens is 1. The number of nitrogens with zero attached hydrogens (tertiary/aromatic N) is 1. The maximum atomic E-state index is 5.79. The molecular formula is C16H20ClNO2S. The van der Waals surface area contributed by atoms with Gasteiger partial charge >= 0.3 is 0 Å². The summed E-state index contributed by atoms with van der Waals surface area (Å²) in [5.74, 6) is 2.12. The summed E-state index contributed by atoms with van der Waals surface area (Å²) < 4.78 is 11.3. The summed E-state index contributed by atoms with van der Waals surface area (Å²) in [5.41, 5.74) is 0.971. The Morgan fingerprint density at radius 3 is 2.57 bits per heavy atom. The van der Waals surface area contributed by atoms with Gasteiger partial charge in [-0.05, 0) is 38.3 Å². The number of para-hydroxylation sites is 2. The van der Waals surface area contributed by atoms with Crippen LogP contribution < -0.4 is 9.47 Å². The molecule has 0 saturated carbocycles. The molecule has 0 fully saturated rings. The van der Waals surface area contributed by atoms with Crippen molar-refractivity contribution in [2.75, 3.05) is 13.2 Å². The summed E-state index contributed by atoms with van der Waals surface area (Å²) in [5, 5.41) is 3.18. The summed E-state index contributed by atoms with van der Waals surface area (Å²) in [4.78, 5) is 4.45. The first kappa shape index (κ1) is 16.1. The molecule has 0 amide bonds. The lowest BCUT2D eigenvalue weighted by Crippen LogP contribution is -2.01. The van der Waals surface area contributed by atoms with Crippen LogP contribution in [0, 0.1) is 0 Å². The van der Waals surface area contributed by atoms with Gasteiger partial charge in [-0.15, -0.1) is 22.9 Å². The predicted octanol–water partition coefficient (Wildman–Crippen LogP) is 4.68. The van der Waals surface area contributed by atoms with E-state index in [1.807, 2.05) is 36.6 Å². The van der Waals surface area contributed by atoms with Crippen molar-refractivity contribution >= 4 is 22.9 Å². The molecule has 0 spiro atoms. The van der Waals surface area contributed by atoms with E-state index >= 15 is 0 Å². The highest BCUT2D eigenvalue weighted by Gasteiger charge is 2.04. The highest BCUT2D eigenvalue weighted by Crippen LogP contribution is 2.26. The Kier molecular flexibility index (Phi) is 6.83. The van der Waals surface area contributed by atoms with E-state index in [1.165, 1.54) is 0 Å². The molecule has 5 heteroatoms. The van der Waals surface area contributed by atoms with Crippen molar-refractivity contribution in [3.63, 3.8) is 0 Å². The fourth-order valence-electron chi connectivity index (χ4n) is 1.93. The minimum Gasteiger partial charge on any atom is -0.490 e. The lowest BCUT2D eigenvalue weighted by atomic mass is 10.2. The van der Waals surface area contributed by atoms with Crippen molar-refractivity contribution in [3.05, 3.63) is 40.3 Å². The van der Waals surface area contributed by atoms with E-state index < -0.39 is 0 Å². The summed E-state index contributed by atoms with van der Waals surface area (Å²) in [6.45, 7) is 3.31. The Balaban J connectivity index is 1.70. The van der Waals surface area contributed by atoms with Crippen LogP contribution >= 0.6 is 22.9 Å². The number of benzene rings is 1. The van der Waals surface area contributed by atoms with E-state index in [-0.39, 0.29) is 0 Å². The van der Waals surface area contributed by atoms with E-state index in [0.29, 0.717) is 19.1 Å². The number of thiazole rings is 1. The molecule has 0 aliphatic heterocycles. The third kappa shape index (κ3) is 5.21. The van der Waals surface area contributed by atoms with E-state index in [0.717, 1.165) is 41.5 Å². The summed E-state index contributed by atoms with van der Waals surface area (Å²) >= 11 is 7.43. The van der Waals surface area contributed by atoms with Crippen LogP contribution in [0.4, 0.5) is 0 Å². The van der Waals surface area contributed by atoms with E-state index in [4.69, 9.17) is 21.1 Å². The molecule has 1 aromatic carbocycles. The topological polar surface area (TPSA) is 31.4 Å². The average molecular weight is 326 g/mol. The Labute approximate surface area is 134 Å². The van der Waals surface area contributed by atoms with Crippen LogP contribution in [0.5, 0.6) is 11.5 Å². The van der Waals surface area contributed by atoms with Gasteiger partial charge in [0.15, 0.2) is 11.5 Å². The molecule has 0 saturated heterocycles. The van der Waals surface area contributed by atoms with Crippen LogP contribution in [0.15, 0.2) is 29.6 Å². The molecule has 0 unspecified atom stereocenters. The predicted molar refractivity (Wildman–Crippen MR) is 87.7 cm³/mol. The molecule has 114 valence electrons. The smallest absolute Gasteiger partial charge is 0.161 e. The highest BCUT2D eigenvalue weighted by atomic mass is 35.5. The van der Waals surface area contributed by atoms with Gasteiger partial charge < -0.3 is 9.47 Å². The third-order valence-corrected chi connectivity index (χ3v) is 4.16. The molecule has 1 aromatic heterocycles. The van der Waals surface area contributed by atoms with Crippen molar-refractivity contribution in [2.45, 2.75) is 32.1 Å². The molecule has 1 heterocycles. The molecule has 2 rings (SSSR count). The van der Waals surface area contributed by atoms with E-state index in [1.54, 1.807) is 11.3 Å². The first-order valence-corrected chi connectivity index (χ1v) is 8.58. The van der Waals surface area contributed by atoms with Crippen LogP contribution in [-0.2, 0) is 12.3 Å². The second-order valence-electron chi connectivity index (χ2n) is 4.55. The van der Waals surface area contributed by atoms with Crippen LogP contribution in [-0.4, -0.2) is 18.2 Å². The van der Waals surface area contributed by atoms with Gasteiger partial charge in [-0.3, -0.25) is 0 Å². The number of unbranched alkanes of at least 4 members (excludes halogenated alkanes) is 1. The summed E-state index contributed by atoms with van der Waals surface area (Å²) in [7, 11) is 0. The van der Waals surface area contributed by atoms with Gasteiger partial charge in [0.2, 0.25) is 0 Å². The minimum absolute atomic E-state index is 0.494. The number of hydrogen-bond donors (Lipinski definition) is 0.